The number of alkyl halides is 3. The second-order valence-corrected chi connectivity index (χ2v) is 7.57. The number of rotatable bonds is 6. The van der Waals surface area contributed by atoms with Crippen LogP contribution in [0.4, 0.5) is 24.5 Å². The molecular formula is C21H16Cl2F3N3O3. The van der Waals surface area contributed by atoms with Crippen LogP contribution in [0.5, 0.6) is 0 Å². The summed E-state index contributed by atoms with van der Waals surface area (Å²) >= 11 is 12.0. The van der Waals surface area contributed by atoms with Crippen molar-refractivity contribution in [3.8, 4) is 11.3 Å². The second kappa shape index (κ2) is 9.62. The maximum atomic E-state index is 13.0. The zero-order valence-electron chi connectivity index (χ0n) is 16.5. The van der Waals surface area contributed by atoms with Crippen LogP contribution in [0, 0.1) is 0 Å². The molecule has 0 aliphatic rings. The number of carbonyl (C=O) groups is 2. The lowest BCUT2D eigenvalue weighted by molar-refractivity contribution is -0.137. The lowest BCUT2D eigenvalue weighted by atomic mass is 10.1. The van der Waals surface area contributed by atoms with Gasteiger partial charge >= 0.3 is 6.18 Å². The van der Waals surface area contributed by atoms with E-state index in [1.165, 1.54) is 13.1 Å². The molecule has 6 nitrogen and oxygen atoms in total. The number of nitrogens with zero attached hydrogens (tertiary/aromatic N) is 1. The van der Waals surface area contributed by atoms with Gasteiger partial charge in [0, 0.05) is 30.4 Å². The molecule has 168 valence electrons. The van der Waals surface area contributed by atoms with Crippen LogP contribution >= 0.6 is 23.2 Å². The molecule has 0 saturated carbocycles. The van der Waals surface area contributed by atoms with Gasteiger partial charge in [0.1, 0.15) is 0 Å². The number of hydrogen-bond acceptors (Lipinski definition) is 4. The molecule has 0 saturated heterocycles. The number of oxazole rings is 1. The van der Waals surface area contributed by atoms with E-state index < -0.39 is 23.6 Å². The third kappa shape index (κ3) is 6.02. The molecule has 0 bridgehead atoms. The molecular weight excluding hydrogens is 470 g/mol. The normalized spacial score (nSPS) is 11.3. The van der Waals surface area contributed by atoms with E-state index in [2.05, 4.69) is 15.6 Å². The number of halogens is 5. The van der Waals surface area contributed by atoms with Gasteiger partial charge in [-0.05, 0) is 36.4 Å². The number of hydrogen-bond donors (Lipinski definition) is 2. The average molecular weight is 486 g/mol. The first-order chi connectivity index (χ1) is 15.0. The van der Waals surface area contributed by atoms with Crippen LogP contribution in [0.3, 0.4) is 0 Å². The number of aromatic nitrogens is 1. The third-order valence-corrected chi connectivity index (χ3v) is 4.80. The van der Waals surface area contributed by atoms with Crippen LogP contribution in [0.2, 0.25) is 10.0 Å². The van der Waals surface area contributed by atoms with Crippen molar-refractivity contribution in [1.82, 2.24) is 4.98 Å². The third-order valence-electron chi connectivity index (χ3n) is 4.25. The number of aryl methyl sites for hydroxylation is 1. The van der Waals surface area contributed by atoms with Crippen LogP contribution in [0.1, 0.15) is 24.8 Å². The molecule has 0 spiro atoms. The smallest absolute Gasteiger partial charge is 0.416 e. The minimum absolute atomic E-state index is 0.0506. The van der Waals surface area contributed by atoms with Gasteiger partial charge in [0.15, 0.2) is 11.7 Å². The summed E-state index contributed by atoms with van der Waals surface area (Å²) in [6.45, 7) is 1.20. The van der Waals surface area contributed by atoms with Crippen molar-refractivity contribution >= 4 is 46.4 Å². The van der Waals surface area contributed by atoms with E-state index in [0.717, 1.165) is 18.2 Å². The van der Waals surface area contributed by atoms with Gasteiger partial charge in [-0.2, -0.15) is 13.2 Å². The molecule has 2 amide bonds. The van der Waals surface area contributed by atoms with Crippen molar-refractivity contribution in [3.05, 3.63) is 64.1 Å². The summed E-state index contributed by atoms with van der Waals surface area (Å²) < 4.78 is 44.7. The van der Waals surface area contributed by atoms with Crippen LogP contribution in [0.15, 0.2) is 47.0 Å². The highest BCUT2D eigenvalue weighted by Crippen LogP contribution is 2.34. The quantitative estimate of drug-likeness (QED) is 0.435. The van der Waals surface area contributed by atoms with Gasteiger partial charge in [-0.15, -0.1) is 0 Å². The standard InChI is InChI=1S/C21H16Cl2F3N3O3/c1-11(30)28-16-5-2-12(21(24,25)26)8-17(16)29-19(31)6-7-20-27-10-18(32-20)14-4-3-13(22)9-15(14)23/h2-5,8-10H,6-7H2,1H3,(H,28,30)(H,29,31). The van der Waals surface area contributed by atoms with Gasteiger partial charge in [-0.3, -0.25) is 9.59 Å². The minimum atomic E-state index is -4.61. The van der Waals surface area contributed by atoms with Gasteiger partial charge in [0.2, 0.25) is 11.8 Å². The monoisotopic (exact) mass is 485 g/mol. The number of benzene rings is 2. The highest BCUT2D eigenvalue weighted by atomic mass is 35.5. The lowest BCUT2D eigenvalue weighted by Gasteiger charge is -2.14. The summed E-state index contributed by atoms with van der Waals surface area (Å²) in [6.07, 6.45) is -3.19. The summed E-state index contributed by atoms with van der Waals surface area (Å²) in [6, 6.07) is 7.51. The second-order valence-electron chi connectivity index (χ2n) is 6.73. The van der Waals surface area contributed by atoms with E-state index in [9.17, 15) is 22.8 Å². The molecule has 0 atom stereocenters. The molecule has 0 fully saturated rings. The summed E-state index contributed by atoms with van der Waals surface area (Å²) in [5, 5.41) is 5.61. The van der Waals surface area contributed by atoms with Crippen molar-refractivity contribution in [1.29, 1.82) is 0 Å². The Balaban J connectivity index is 1.70. The summed E-state index contributed by atoms with van der Waals surface area (Å²) in [7, 11) is 0. The molecule has 3 aromatic rings. The Hall–Kier alpha value is -3.04. The molecule has 11 heteroatoms. The largest absolute Gasteiger partial charge is 0.441 e. The first kappa shape index (κ1) is 23.6. The summed E-state index contributed by atoms with van der Waals surface area (Å²) in [4.78, 5) is 27.8. The van der Waals surface area contributed by atoms with Crippen molar-refractivity contribution in [2.75, 3.05) is 10.6 Å². The van der Waals surface area contributed by atoms with Crippen molar-refractivity contribution < 1.29 is 27.2 Å². The molecule has 2 N–H and O–H groups in total. The maximum Gasteiger partial charge on any atom is 0.416 e. The Morgan fingerprint density at radius 3 is 2.47 bits per heavy atom. The average Bonchev–Trinajstić information content (AvgIpc) is 3.15. The molecule has 2 aromatic carbocycles. The van der Waals surface area contributed by atoms with Crippen LogP contribution < -0.4 is 10.6 Å². The van der Waals surface area contributed by atoms with E-state index in [1.54, 1.807) is 18.2 Å². The Morgan fingerprint density at radius 2 is 1.81 bits per heavy atom. The molecule has 0 aliphatic carbocycles. The number of nitrogens with one attached hydrogen (secondary N) is 2. The highest BCUT2D eigenvalue weighted by molar-refractivity contribution is 6.36. The fourth-order valence-corrected chi connectivity index (χ4v) is 3.30. The van der Waals surface area contributed by atoms with Gasteiger partial charge in [-0.25, -0.2) is 4.98 Å². The maximum absolute atomic E-state index is 13.0. The zero-order chi connectivity index (χ0) is 23.5. The van der Waals surface area contributed by atoms with E-state index in [-0.39, 0.29) is 30.1 Å². The SMILES string of the molecule is CC(=O)Nc1ccc(C(F)(F)F)cc1NC(=O)CCc1ncc(-c2ccc(Cl)cc2Cl)o1. The van der Waals surface area contributed by atoms with Crippen LogP contribution in [-0.2, 0) is 22.2 Å². The fraction of sp³-hybridized carbons (Fsp3) is 0.190. The molecule has 1 heterocycles. The first-order valence-electron chi connectivity index (χ1n) is 9.22. The number of amides is 2. The minimum Gasteiger partial charge on any atom is -0.441 e. The Morgan fingerprint density at radius 1 is 1.06 bits per heavy atom. The Labute approximate surface area is 190 Å². The molecule has 0 aliphatic heterocycles. The topological polar surface area (TPSA) is 84.2 Å². The van der Waals surface area contributed by atoms with E-state index >= 15 is 0 Å². The van der Waals surface area contributed by atoms with Crippen LogP contribution in [0.25, 0.3) is 11.3 Å². The van der Waals surface area contributed by atoms with Crippen molar-refractivity contribution in [2.45, 2.75) is 25.9 Å². The fourth-order valence-electron chi connectivity index (χ4n) is 2.80. The number of anilines is 2. The summed E-state index contributed by atoms with van der Waals surface area (Å²) in [5.41, 5.74) is -0.502. The van der Waals surface area contributed by atoms with E-state index in [0.29, 0.717) is 21.4 Å². The molecule has 3 rings (SSSR count). The summed E-state index contributed by atoms with van der Waals surface area (Å²) in [5.74, 6) is -0.450. The van der Waals surface area contributed by atoms with Crippen LogP contribution in [-0.4, -0.2) is 16.8 Å². The first-order valence-corrected chi connectivity index (χ1v) is 9.97. The number of carbonyl (C=O) groups excluding carboxylic acids is 2. The molecule has 0 unspecified atom stereocenters. The molecule has 32 heavy (non-hydrogen) atoms. The molecule has 1 aromatic heterocycles. The Bertz CT molecular complexity index is 1160. The van der Waals surface area contributed by atoms with E-state index in [1.807, 2.05) is 0 Å². The highest BCUT2D eigenvalue weighted by Gasteiger charge is 2.31. The van der Waals surface area contributed by atoms with Gasteiger partial charge in [0.25, 0.3) is 0 Å². The Kier molecular flexibility index (Phi) is 7.10. The predicted molar refractivity (Wildman–Crippen MR) is 115 cm³/mol. The van der Waals surface area contributed by atoms with Gasteiger partial charge < -0.3 is 15.1 Å². The van der Waals surface area contributed by atoms with Gasteiger partial charge in [0.05, 0.1) is 28.2 Å². The predicted octanol–water partition coefficient (Wildman–Crippen LogP) is 6.20. The zero-order valence-corrected chi connectivity index (χ0v) is 18.0. The van der Waals surface area contributed by atoms with E-state index in [4.69, 9.17) is 27.6 Å². The van der Waals surface area contributed by atoms with Gasteiger partial charge in [-0.1, -0.05) is 23.2 Å². The van der Waals surface area contributed by atoms with Crippen molar-refractivity contribution in [3.63, 3.8) is 0 Å². The lowest BCUT2D eigenvalue weighted by Crippen LogP contribution is -2.17. The van der Waals surface area contributed by atoms with Crippen molar-refractivity contribution in [2.24, 2.45) is 0 Å². The molecule has 0 radical (unpaired) electrons.